The molecule has 6 rings (SSSR count). The highest BCUT2D eigenvalue weighted by atomic mass is 19.1. The molecule has 204 valence electrons. The Balaban J connectivity index is 1.27. The topological polar surface area (TPSA) is 68.7 Å². The van der Waals surface area contributed by atoms with E-state index in [0.717, 1.165) is 16.8 Å². The van der Waals surface area contributed by atoms with Crippen molar-refractivity contribution < 1.29 is 23.0 Å². The van der Waals surface area contributed by atoms with Crippen LogP contribution in [0.1, 0.15) is 11.1 Å². The van der Waals surface area contributed by atoms with Crippen LogP contribution in [-0.2, 0) is 0 Å². The van der Waals surface area contributed by atoms with Crippen molar-refractivity contribution in [1.82, 2.24) is 9.97 Å². The summed E-state index contributed by atoms with van der Waals surface area (Å²) in [4.78, 5) is 10.7. The number of benzene rings is 3. The molecule has 0 fully saturated rings. The Morgan fingerprint density at radius 1 is 0.805 bits per heavy atom. The van der Waals surface area contributed by atoms with E-state index in [0.29, 0.717) is 45.4 Å². The number of nitrogens with zero attached hydrogens (tertiary/aromatic N) is 3. The van der Waals surface area contributed by atoms with Gasteiger partial charge in [0.15, 0.2) is 23.1 Å². The zero-order valence-corrected chi connectivity index (χ0v) is 22.2. The van der Waals surface area contributed by atoms with Gasteiger partial charge < -0.3 is 24.4 Å². The number of pyridine rings is 2. The zero-order chi connectivity index (χ0) is 28.5. The maximum atomic E-state index is 15.3. The molecular weight excluding hydrogens is 526 g/mol. The van der Waals surface area contributed by atoms with Gasteiger partial charge >= 0.3 is 0 Å². The van der Waals surface area contributed by atoms with Gasteiger partial charge in [-0.3, -0.25) is 4.98 Å². The Hall–Kier alpha value is -5.44. The Morgan fingerprint density at radius 2 is 1.56 bits per heavy atom. The van der Waals surface area contributed by atoms with Crippen LogP contribution in [0.2, 0.25) is 0 Å². The lowest BCUT2D eigenvalue weighted by Gasteiger charge is -2.29. The highest BCUT2D eigenvalue weighted by molar-refractivity contribution is 5.93. The third-order valence-corrected chi connectivity index (χ3v) is 6.69. The van der Waals surface area contributed by atoms with Crippen molar-refractivity contribution in [3.8, 4) is 23.0 Å². The largest absolute Gasteiger partial charge is 0.493 e. The zero-order valence-electron chi connectivity index (χ0n) is 22.2. The summed E-state index contributed by atoms with van der Waals surface area (Å²) in [5, 5.41) is 3.85. The number of halogens is 2. The van der Waals surface area contributed by atoms with Crippen molar-refractivity contribution in [3.05, 3.63) is 115 Å². The average Bonchev–Trinajstić information content (AvgIpc) is 2.99. The smallest absolute Gasteiger partial charge is 0.167 e. The first kappa shape index (κ1) is 25.8. The molecule has 0 bridgehead atoms. The number of aromatic nitrogens is 2. The average molecular weight is 551 g/mol. The van der Waals surface area contributed by atoms with Crippen LogP contribution < -0.4 is 24.4 Å². The standard InChI is InChI=1S/C32H24F2N4O3/c1-19-31-20(12-15-38(19)23-7-4-21(33)5-8-23)10-13-36-32(31)37-22-6-9-28(25(34)16-22)41-27-11-14-35-26-18-30(40-3)29(39-2)17-24(26)27/h4-18H,1H2,2-3H3,(H,36,37). The molecule has 3 heterocycles. The van der Waals surface area contributed by atoms with Crippen LogP contribution in [0.15, 0.2) is 91.9 Å². The Bertz CT molecular complexity index is 1820. The van der Waals surface area contributed by atoms with Gasteiger partial charge in [0.2, 0.25) is 0 Å². The van der Waals surface area contributed by atoms with Gasteiger partial charge in [-0.15, -0.1) is 0 Å². The van der Waals surface area contributed by atoms with Gasteiger partial charge in [-0.25, -0.2) is 13.8 Å². The second-order valence-corrected chi connectivity index (χ2v) is 9.14. The molecule has 5 aromatic rings. The first-order valence-corrected chi connectivity index (χ1v) is 12.6. The van der Waals surface area contributed by atoms with Gasteiger partial charge in [-0.2, -0.15) is 0 Å². The monoisotopic (exact) mass is 550 g/mol. The van der Waals surface area contributed by atoms with E-state index < -0.39 is 5.82 Å². The fourth-order valence-electron chi connectivity index (χ4n) is 4.68. The minimum Gasteiger partial charge on any atom is -0.493 e. The Kier molecular flexibility index (Phi) is 6.68. The number of hydrogen-bond donors (Lipinski definition) is 1. The maximum Gasteiger partial charge on any atom is 0.167 e. The summed E-state index contributed by atoms with van der Waals surface area (Å²) >= 11 is 0. The lowest BCUT2D eigenvalue weighted by Crippen LogP contribution is -2.18. The first-order valence-electron chi connectivity index (χ1n) is 12.6. The molecule has 1 aliphatic rings. The molecule has 0 unspecified atom stereocenters. The van der Waals surface area contributed by atoms with Crippen molar-refractivity contribution in [3.63, 3.8) is 0 Å². The summed E-state index contributed by atoms with van der Waals surface area (Å²) < 4.78 is 45.5. The molecule has 0 aliphatic carbocycles. The molecule has 0 spiro atoms. The summed E-state index contributed by atoms with van der Waals surface area (Å²) in [5.41, 5.74) is 4.11. The predicted molar refractivity (Wildman–Crippen MR) is 156 cm³/mol. The molecule has 41 heavy (non-hydrogen) atoms. The van der Waals surface area contributed by atoms with E-state index in [1.807, 2.05) is 23.2 Å². The lowest BCUT2D eigenvalue weighted by atomic mass is 10.0. The third kappa shape index (κ3) is 4.89. The van der Waals surface area contributed by atoms with E-state index in [9.17, 15) is 4.39 Å². The first-order chi connectivity index (χ1) is 19.9. The van der Waals surface area contributed by atoms with Crippen LogP contribution in [0.25, 0.3) is 22.7 Å². The number of methoxy groups -OCH3 is 2. The number of anilines is 3. The molecule has 0 saturated heterocycles. The van der Waals surface area contributed by atoms with Crippen LogP contribution in [0.3, 0.4) is 0 Å². The minimum absolute atomic E-state index is 0.0377. The molecule has 0 saturated carbocycles. The predicted octanol–water partition coefficient (Wildman–Crippen LogP) is 7.92. The van der Waals surface area contributed by atoms with Gasteiger partial charge in [0.25, 0.3) is 0 Å². The van der Waals surface area contributed by atoms with Crippen LogP contribution in [0.4, 0.5) is 26.0 Å². The SMILES string of the molecule is C=C1c2c(ccnc2Nc2ccc(Oc3ccnc4cc(OC)c(OC)cc34)c(F)c2)C=CN1c1ccc(F)cc1. The van der Waals surface area contributed by atoms with Gasteiger partial charge in [-0.1, -0.05) is 6.58 Å². The van der Waals surface area contributed by atoms with Crippen molar-refractivity contribution >= 4 is 39.9 Å². The normalized spacial score (nSPS) is 12.3. The lowest BCUT2D eigenvalue weighted by molar-refractivity contribution is 0.355. The van der Waals surface area contributed by atoms with Crippen molar-refractivity contribution in [2.75, 3.05) is 24.4 Å². The fraction of sp³-hybridized carbons (Fsp3) is 0.0625. The molecule has 0 radical (unpaired) electrons. The molecule has 1 N–H and O–H groups in total. The van der Waals surface area contributed by atoms with Gasteiger partial charge in [-0.05, 0) is 66.2 Å². The van der Waals surface area contributed by atoms with Crippen LogP contribution in [-0.4, -0.2) is 24.2 Å². The van der Waals surface area contributed by atoms with Gasteiger partial charge in [0.05, 0.1) is 19.7 Å². The summed E-state index contributed by atoms with van der Waals surface area (Å²) in [6, 6.07) is 17.7. The molecule has 7 nitrogen and oxygen atoms in total. The van der Waals surface area contributed by atoms with Crippen molar-refractivity contribution in [2.45, 2.75) is 0 Å². The highest BCUT2D eigenvalue weighted by Gasteiger charge is 2.22. The van der Waals surface area contributed by atoms with Crippen LogP contribution >= 0.6 is 0 Å². The van der Waals surface area contributed by atoms with E-state index >= 15 is 4.39 Å². The number of ether oxygens (including phenoxy) is 3. The quantitative estimate of drug-likeness (QED) is 0.221. The van der Waals surface area contributed by atoms with Crippen LogP contribution in [0.5, 0.6) is 23.0 Å². The molecule has 0 atom stereocenters. The maximum absolute atomic E-state index is 15.3. The number of fused-ring (bicyclic) bond motifs is 2. The molecular formula is C32H24F2N4O3. The van der Waals surface area contributed by atoms with Crippen LogP contribution in [0, 0.1) is 11.6 Å². The summed E-state index contributed by atoms with van der Waals surface area (Å²) in [5.74, 6) is 1.09. The van der Waals surface area contributed by atoms with Gasteiger partial charge in [0.1, 0.15) is 17.4 Å². The van der Waals surface area contributed by atoms with Crippen molar-refractivity contribution in [1.29, 1.82) is 0 Å². The number of nitrogens with one attached hydrogen (secondary N) is 1. The van der Waals surface area contributed by atoms with Gasteiger partial charge in [0, 0.05) is 58.7 Å². The summed E-state index contributed by atoms with van der Waals surface area (Å²) in [7, 11) is 3.08. The second kappa shape index (κ2) is 10.6. The summed E-state index contributed by atoms with van der Waals surface area (Å²) in [6.45, 7) is 4.25. The molecule has 0 amide bonds. The van der Waals surface area contributed by atoms with E-state index in [2.05, 4.69) is 21.9 Å². The Labute approximate surface area is 235 Å². The van der Waals surface area contributed by atoms with E-state index in [1.54, 1.807) is 62.0 Å². The number of rotatable bonds is 7. The highest BCUT2D eigenvalue weighted by Crippen LogP contribution is 2.39. The van der Waals surface area contributed by atoms with E-state index in [4.69, 9.17) is 14.2 Å². The minimum atomic E-state index is -0.572. The third-order valence-electron chi connectivity index (χ3n) is 6.69. The Morgan fingerprint density at radius 3 is 2.32 bits per heavy atom. The van der Waals surface area contributed by atoms with E-state index in [1.165, 1.54) is 25.3 Å². The number of hydrogen-bond acceptors (Lipinski definition) is 7. The molecule has 2 aromatic heterocycles. The second-order valence-electron chi connectivity index (χ2n) is 9.14. The fourth-order valence-corrected chi connectivity index (χ4v) is 4.68. The molecule has 3 aromatic carbocycles. The molecule has 9 heteroatoms. The molecule has 1 aliphatic heterocycles. The summed E-state index contributed by atoms with van der Waals surface area (Å²) in [6.07, 6.45) is 7.03. The van der Waals surface area contributed by atoms with E-state index in [-0.39, 0.29) is 11.6 Å². The van der Waals surface area contributed by atoms with Crippen molar-refractivity contribution in [2.24, 2.45) is 0 Å².